The highest BCUT2D eigenvalue weighted by Gasteiger charge is 2.30. The third-order valence-corrected chi connectivity index (χ3v) is 6.08. The largest absolute Gasteiger partial charge is 0.492 e. The molecule has 0 unspecified atom stereocenters. The molecule has 3 aromatic rings. The van der Waals surface area contributed by atoms with Crippen LogP contribution in [-0.2, 0) is 16.0 Å². The molecule has 1 amide bonds. The molecule has 1 fully saturated rings. The summed E-state index contributed by atoms with van der Waals surface area (Å²) in [6, 6.07) is 21.5. The van der Waals surface area contributed by atoms with E-state index in [2.05, 4.69) is 5.32 Å². The van der Waals surface area contributed by atoms with E-state index in [1.165, 1.54) is 20.0 Å². The summed E-state index contributed by atoms with van der Waals surface area (Å²) in [4.78, 5) is 24.4. The Balaban J connectivity index is 1.29. The molecule has 1 saturated carbocycles. The molecule has 3 N–H and O–H groups in total. The van der Waals surface area contributed by atoms with Gasteiger partial charge in [0, 0.05) is 0 Å². The summed E-state index contributed by atoms with van der Waals surface area (Å²) in [7, 11) is 1.31. The third-order valence-electron chi connectivity index (χ3n) is 6.08. The van der Waals surface area contributed by atoms with Crippen molar-refractivity contribution in [2.45, 2.75) is 37.6 Å². The van der Waals surface area contributed by atoms with Crippen LogP contribution in [0.25, 0.3) is 0 Å². The molecule has 0 spiro atoms. The molecule has 0 bridgehead atoms. The Bertz CT molecular complexity index is 1150. The number of para-hydroxylation sites is 1. The smallest absolute Gasteiger partial charge is 0.339 e. The monoisotopic (exact) mass is 474 g/mol. The van der Waals surface area contributed by atoms with Crippen LogP contribution in [0.5, 0.6) is 17.2 Å². The van der Waals surface area contributed by atoms with Gasteiger partial charge in [-0.1, -0.05) is 37.1 Å². The SMILES string of the molecule is COC(=O)c1ccccc1NC(=O)Cc1ccc(Oc2ccc(OCC3(N)CCCC3)cc2)cc1. The van der Waals surface area contributed by atoms with Crippen molar-refractivity contribution in [2.24, 2.45) is 5.73 Å². The van der Waals surface area contributed by atoms with Gasteiger partial charge in [0.15, 0.2) is 0 Å². The van der Waals surface area contributed by atoms with Crippen LogP contribution in [-0.4, -0.2) is 31.1 Å². The van der Waals surface area contributed by atoms with Gasteiger partial charge in [0.1, 0.15) is 23.9 Å². The fourth-order valence-electron chi connectivity index (χ4n) is 4.13. The number of methoxy groups -OCH3 is 1. The molecule has 1 aliphatic rings. The topological polar surface area (TPSA) is 99.9 Å². The maximum atomic E-state index is 12.5. The van der Waals surface area contributed by atoms with Crippen LogP contribution in [0.1, 0.15) is 41.6 Å². The lowest BCUT2D eigenvalue weighted by Crippen LogP contribution is -2.42. The standard InChI is InChI=1S/C28H30N2O5/c1-33-27(32)24-6-2-3-7-25(24)30-26(31)18-20-8-10-22(11-9-20)35-23-14-12-21(13-15-23)34-19-28(29)16-4-5-17-28/h2-3,6-15H,4-5,16-19,29H2,1H3,(H,30,31). The van der Waals surface area contributed by atoms with Gasteiger partial charge in [-0.05, 0) is 66.9 Å². The van der Waals surface area contributed by atoms with Crippen molar-refractivity contribution in [1.29, 1.82) is 0 Å². The maximum Gasteiger partial charge on any atom is 0.339 e. The van der Waals surface area contributed by atoms with Gasteiger partial charge >= 0.3 is 5.97 Å². The highest BCUT2D eigenvalue weighted by molar-refractivity contribution is 6.01. The number of amides is 1. The summed E-state index contributed by atoms with van der Waals surface area (Å²) in [5.74, 6) is 1.38. The fraction of sp³-hybridized carbons (Fsp3) is 0.286. The van der Waals surface area contributed by atoms with Crippen molar-refractivity contribution in [3.63, 3.8) is 0 Å². The number of nitrogens with one attached hydrogen (secondary N) is 1. The van der Waals surface area contributed by atoms with E-state index < -0.39 is 5.97 Å². The molecule has 0 aliphatic heterocycles. The number of anilines is 1. The molecule has 3 aromatic carbocycles. The summed E-state index contributed by atoms with van der Waals surface area (Å²) in [6.07, 6.45) is 4.50. The van der Waals surface area contributed by atoms with Crippen LogP contribution in [0.2, 0.25) is 0 Å². The number of hydrogen-bond acceptors (Lipinski definition) is 6. The van der Waals surface area contributed by atoms with Crippen LogP contribution in [0.4, 0.5) is 5.69 Å². The Hall–Kier alpha value is -3.84. The zero-order chi connectivity index (χ0) is 24.7. The van der Waals surface area contributed by atoms with E-state index in [9.17, 15) is 9.59 Å². The second kappa shape index (κ2) is 11.1. The number of hydrogen-bond donors (Lipinski definition) is 2. The van der Waals surface area contributed by atoms with E-state index in [1.54, 1.807) is 24.3 Å². The average Bonchev–Trinajstić information content (AvgIpc) is 3.31. The normalized spacial score (nSPS) is 14.2. The summed E-state index contributed by atoms with van der Waals surface area (Å²) < 4.78 is 16.6. The number of esters is 1. The van der Waals surface area contributed by atoms with Crippen LogP contribution in [0.15, 0.2) is 72.8 Å². The zero-order valence-electron chi connectivity index (χ0n) is 19.8. The van der Waals surface area contributed by atoms with Gasteiger partial charge in [0.05, 0.1) is 30.3 Å². The van der Waals surface area contributed by atoms with Crippen molar-refractivity contribution in [3.05, 3.63) is 83.9 Å². The first-order valence-corrected chi connectivity index (χ1v) is 11.7. The van der Waals surface area contributed by atoms with E-state index in [0.717, 1.165) is 24.2 Å². The van der Waals surface area contributed by atoms with Gasteiger partial charge in [-0.15, -0.1) is 0 Å². The second-order valence-corrected chi connectivity index (χ2v) is 8.84. The molecule has 7 nitrogen and oxygen atoms in total. The number of nitrogens with two attached hydrogens (primary N) is 1. The maximum absolute atomic E-state index is 12.5. The van der Waals surface area contributed by atoms with Crippen LogP contribution in [0, 0.1) is 0 Å². The zero-order valence-corrected chi connectivity index (χ0v) is 19.8. The van der Waals surface area contributed by atoms with E-state index >= 15 is 0 Å². The molecule has 4 rings (SSSR count). The second-order valence-electron chi connectivity index (χ2n) is 8.84. The quantitative estimate of drug-likeness (QED) is 0.419. The van der Waals surface area contributed by atoms with E-state index in [-0.39, 0.29) is 17.9 Å². The van der Waals surface area contributed by atoms with E-state index in [0.29, 0.717) is 29.4 Å². The molecule has 0 aromatic heterocycles. The fourth-order valence-corrected chi connectivity index (χ4v) is 4.13. The van der Waals surface area contributed by atoms with Gasteiger partial charge in [0.2, 0.25) is 5.91 Å². The summed E-state index contributed by atoms with van der Waals surface area (Å²) in [5.41, 5.74) is 7.69. The Morgan fingerprint density at radius 2 is 1.49 bits per heavy atom. The van der Waals surface area contributed by atoms with Gasteiger partial charge in [-0.25, -0.2) is 4.79 Å². The van der Waals surface area contributed by atoms with Gasteiger partial charge in [0.25, 0.3) is 0 Å². The number of carbonyl (C=O) groups excluding carboxylic acids is 2. The molecule has 35 heavy (non-hydrogen) atoms. The van der Waals surface area contributed by atoms with E-state index in [4.69, 9.17) is 19.9 Å². The predicted octanol–water partition coefficient (Wildman–Crippen LogP) is 5.10. The van der Waals surface area contributed by atoms with Crippen molar-refractivity contribution in [1.82, 2.24) is 0 Å². The summed E-state index contributed by atoms with van der Waals surface area (Å²) >= 11 is 0. The summed E-state index contributed by atoms with van der Waals surface area (Å²) in [6.45, 7) is 0.524. The predicted molar refractivity (Wildman–Crippen MR) is 134 cm³/mol. The van der Waals surface area contributed by atoms with Crippen LogP contribution >= 0.6 is 0 Å². The first kappa shape index (κ1) is 24.3. The van der Waals surface area contributed by atoms with Crippen molar-refractivity contribution in [3.8, 4) is 17.2 Å². The Labute approximate surface area is 205 Å². The molecule has 0 heterocycles. The molecule has 1 aliphatic carbocycles. The lowest BCUT2D eigenvalue weighted by atomic mass is 10.0. The van der Waals surface area contributed by atoms with Crippen LogP contribution in [0.3, 0.4) is 0 Å². The molecule has 182 valence electrons. The Morgan fingerprint density at radius 1 is 0.886 bits per heavy atom. The third kappa shape index (κ3) is 6.61. The Morgan fingerprint density at radius 3 is 2.14 bits per heavy atom. The lowest BCUT2D eigenvalue weighted by Gasteiger charge is -2.23. The number of benzene rings is 3. The van der Waals surface area contributed by atoms with Crippen molar-refractivity contribution in [2.75, 3.05) is 19.0 Å². The van der Waals surface area contributed by atoms with Gasteiger partial charge in [-0.3, -0.25) is 4.79 Å². The lowest BCUT2D eigenvalue weighted by molar-refractivity contribution is -0.115. The highest BCUT2D eigenvalue weighted by atomic mass is 16.5. The minimum atomic E-state index is -0.501. The first-order chi connectivity index (χ1) is 16.9. The number of rotatable bonds is 9. The van der Waals surface area contributed by atoms with Crippen LogP contribution < -0.4 is 20.5 Å². The number of carbonyl (C=O) groups is 2. The molecule has 0 saturated heterocycles. The van der Waals surface area contributed by atoms with Gasteiger partial charge in [-0.2, -0.15) is 0 Å². The average molecular weight is 475 g/mol. The minimum Gasteiger partial charge on any atom is -0.492 e. The molecule has 0 atom stereocenters. The highest BCUT2D eigenvalue weighted by Crippen LogP contribution is 2.29. The molecule has 7 heteroatoms. The van der Waals surface area contributed by atoms with Gasteiger partial charge < -0.3 is 25.3 Å². The molecular formula is C28H30N2O5. The first-order valence-electron chi connectivity index (χ1n) is 11.7. The van der Waals surface area contributed by atoms with Crippen molar-refractivity contribution >= 4 is 17.6 Å². The minimum absolute atomic E-state index is 0.157. The number of ether oxygens (including phenoxy) is 3. The van der Waals surface area contributed by atoms with E-state index in [1.807, 2.05) is 48.5 Å². The molecule has 0 radical (unpaired) electrons. The van der Waals surface area contributed by atoms with Crippen molar-refractivity contribution < 1.29 is 23.8 Å². The molecular weight excluding hydrogens is 444 g/mol. The summed E-state index contributed by atoms with van der Waals surface area (Å²) in [5, 5.41) is 2.77. The Kier molecular flexibility index (Phi) is 7.67.